The van der Waals surface area contributed by atoms with Crippen molar-refractivity contribution in [2.45, 2.75) is 6.42 Å². The minimum atomic E-state index is -0.611. The molecule has 1 N–H and O–H groups in total. The minimum Gasteiger partial charge on any atom is -0.493 e. The van der Waals surface area contributed by atoms with Crippen LogP contribution >= 0.6 is 0 Å². The van der Waals surface area contributed by atoms with Gasteiger partial charge in [-0.3, -0.25) is 9.59 Å². The van der Waals surface area contributed by atoms with Crippen molar-refractivity contribution in [3.8, 4) is 11.5 Å². The summed E-state index contributed by atoms with van der Waals surface area (Å²) in [6.07, 6.45) is 0.0283. The number of hydrogen-bond donors (Lipinski definition) is 1. The van der Waals surface area contributed by atoms with Crippen LogP contribution in [-0.2, 0) is 23.1 Å². The molecule has 3 aromatic rings. The van der Waals surface area contributed by atoms with Crippen molar-refractivity contribution in [1.29, 1.82) is 0 Å². The molecule has 0 radical (unpaired) electrons. The van der Waals surface area contributed by atoms with Gasteiger partial charge >= 0.3 is 5.97 Å². The summed E-state index contributed by atoms with van der Waals surface area (Å²) in [5, 5.41) is 2.53. The highest BCUT2D eigenvalue weighted by Gasteiger charge is 2.17. The van der Waals surface area contributed by atoms with Gasteiger partial charge in [-0.15, -0.1) is 0 Å². The van der Waals surface area contributed by atoms with E-state index in [2.05, 4.69) is 5.32 Å². The van der Waals surface area contributed by atoms with E-state index in [1.807, 2.05) is 6.07 Å². The molecule has 0 fully saturated rings. The highest BCUT2D eigenvalue weighted by atomic mass is 16.6. The monoisotopic (exact) mass is 406 g/mol. The number of amides is 1. The fraction of sp³-hybridized carbons (Fsp3) is 0.174. The Hall–Kier alpha value is -3.87. The number of aromatic nitrogens is 1. The smallest absolute Gasteiger partial charge is 0.330 e. The van der Waals surface area contributed by atoms with Crippen LogP contribution in [0.3, 0.4) is 0 Å². The maximum atomic E-state index is 12.6. The normalized spacial score (nSPS) is 10.3. The average Bonchev–Trinajstić information content (AvgIpc) is 3.12. The number of carbonyl (C=O) groups excluding carboxylic acids is 3. The Morgan fingerprint density at radius 3 is 2.27 bits per heavy atom. The predicted octanol–water partition coefficient (Wildman–Crippen LogP) is 2.53. The van der Waals surface area contributed by atoms with Crippen molar-refractivity contribution in [3.63, 3.8) is 0 Å². The van der Waals surface area contributed by atoms with Gasteiger partial charge < -0.3 is 19.4 Å². The number of para-hydroxylation sites is 2. The molecule has 1 heterocycles. The maximum Gasteiger partial charge on any atom is 0.330 e. The first-order chi connectivity index (χ1) is 14.5. The third kappa shape index (κ3) is 4.94. The minimum absolute atomic E-state index is 0.0283. The number of rotatable bonds is 8. The van der Waals surface area contributed by atoms with E-state index >= 15 is 0 Å². The Morgan fingerprint density at radius 2 is 1.57 bits per heavy atom. The van der Waals surface area contributed by atoms with E-state index in [1.165, 1.54) is 7.11 Å². The quantitative estimate of drug-likeness (QED) is 0.353. The summed E-state index contributed by atoms with van der Waals surface area (Å²) in [6.45, 7) is -0.281. The van der Waals surface area contributed by atoms with Gasteiger partial charge in [-0.2, -0.15) is 0 Å². The second-order valence-electron chi connectivity index (χ2n) is 6.54. The zero-order chi connectivity index (χ0) is 21.5. The van der Waals surface area contributed by atoms with Crippen LogP contribution in [0.15, 0.2) is 66.7 Å². The van der Waals surface area contributed by atoms with Crippen LogP contribution in [0.25, 0.3) is 0 Å². The molecule has 0 saturated carbocycles. The lowest BCUT2D eigenvalue weighted by Crippen LogP contribution is -2.33. The molecule has 7 nitrogen and oxygen atoms in total. The van der Waals surface area contributed by atoms with Crippen molar-refractivity contribution in [2.24, 2.45) is 7.05 Å². The molecule has 3 rings (SSSR count). The molecule has 1 amide bonds. The van der Waals surface area contributed by atoms with Gasteiger partial charge in [-0.25, -0.2) is 4.79 Å². The number of nitrogens with zero attached hydrogens (tertiary/aromatic N) is 1. The van der Waals surface area contributed by atoms with Gasteiger partial charge in [0.2, 0.25) is 11.7 Å². The van der Waals surface area contributed by atoms with E-state index in [9.17, 15) is 14.4 Å². The summed E-state index contributed by atoms with van der Waals surface area (Å²) in [5.41, 5.74) is 1.72. The lowest BCUT2D eigenvalue weighted by Gasteiger charge is -2.10. The molecule has 0 aliphatic heterocycles. The molecule has 0 atom stereocenters. The summed E-state index contributed by atoms with van der Waals surface area (Å²) in [6, 6.07) is 19.1. The second kappa shape index (κ2) is 9.56. The summed E-state index contributed by atoms with van der Waals surface area (Å²) < 4.78 is 12.0. The molecular weight excluding hydrogens is 384 g/mol. The zero-order valence-corrected chi connectivity index (χ0v) is 16.8. The van der Waals surface area contributed by atoms with Crippen molar-refractivity contribution in [1.82, 2.24) is 9.88 Å². The van der Waals surface area contributed by atoms with Crippen molar-refractivity contribution in [2.75, 3.05) is 13.7 Å². The summed E-state index contributed by atoms with van der Waals surface area (Å²) in [5.74, 6) is -0.376. The summed E-state index contributed by atoms with van der Waals surface area (Å²) in [7, 11) is 3.21. The third-order valence-corrected chi connectivity index (χ3v) is 4.56. The maximum absolute atomic E-state index is 12.6. The Kier molecular flexibility index (Phi) is 6.64. The van der Waals surface area contributed by atoms with E-state index in [4.69, 9.17) is 9.47 Å². The first-order valence-electron chi connectivity index (χ1n) is 9.34. The average molecular weight is 406 g/mol. The summed E-state index contributed by atoms with van der Waals surface area (Å²) in [4.78, 5) is 36.9. The molecule has 0 aliphatic rings. The molecule has 0 spiro atoms. The van der Waals surface area contributed by atoms with Crippen LogP contribution in [0.2, 0.25) is 0 Å². The van der Waals surface area contributed by atoms with Crippen LogP contribution in [0, 0.1) is 0 Å². The van der Waals surface area contributed by atoms with Gasteiger partial charge in [-0.05, 0) is 24.3 Å². The van der Waals surface area contributed by atoms with Crippen LogP contribution in [0.4, 0.5) is 0 Å². The molecule has 0 unspecified atom stereocenters. The van der Waals surface area contributed by atoms with Crippen LogP contribution in [0.5, 0.6) is 11.5 Å². The number of methoxy groups -OCH3 is 1. The number of carbonyl (C=O) groups is 3. The van der Waals surface area contributed by atoms with E-state index < -0.39 is 5.97 Å². The Bertz CT molecular complexity index is 1060. The standard InChI is InChI=1S/C23H22N2O5/c1-25-17(12-13-18(25)23(28)16-8-4-3-5-9-16)14-21(26)24-15-22(27)30-20-11-7-6-10-19(20)29-2/h3-13H,14-15H2,1-2H3,(H,24,26). The van der Waals surface area contributed by atoms with Crippen molar-refractivity contribution < 1.29 is 23.9 Å². The van der Waals surface area contributed by atoms with Crippen LogP contribution in [-0.4, -0.2) is 35.9 Å². The van der Waals surface area contributed by atoms with E-state index in [1.54, 1.807) is 72.3 Å². The molecule has 0 aliphatic carbocycles. The third-order valence-electron chi connectivity index (χ3n) is 4.56. The highest BCUT2D eigenvalue weighted by molar-refractivity contribution is 6.08. The molecule has 30 heavy (non-hydrogen) atoms. The lowest BCUT2D eigenvalue weighted by atomic mass is 10.1. The fourth-order valence-electron chi connectivity index (χ4n) is 2.96. The molecule has 7 heteroatoms. The number of nitrogens with one attached hydrogen (secondary N) is 1. The number of ketones is 1. The van der Waals surface area contributed by atoms with Gasteiger partial charge in [0, 0.05) is 18.3 Å². The summed E-state index contributed by atoms with van der Waals surface area (Å²) >= 11 is 0. The molecule has 0 bridgehead atoms. The molecule has 0 saturated heterocycles. The Balaban J connectivity index is 1.56. The molecule has 2 aromatic carbocycles. The molecular formula is C23H22N2O5. The van der Waals surface area contributed by atoms with Gasteiger partial charge in [0.15, 0.2) is 11.5 Å². The van der Waals surface area contributed by atoms with Crippen LogP contribution < -0.4 is 14.8 Å². The predicted molar refractivity (Wildman–Crippen MR) is 111 cm³/mol. The number of hydrogen-bond acceptors (Lipinski definition) is 5. The number of esters is 1. The SMILES string of the molecule is COc1ccccc1OC(=O)CNC(=O)Cc1ccc(C(=O)c2ccccc2)n1C. The van der Waals surface area contributed by atoms with Crippen LogP contribution in [0.1, 0.15) is 21.7 Å². The highest BCUT2D eigenvalue weighted by Crippen LogP contribution is 2.25. The van der Waals surface area contributed by atoms with Crippen molar-refractivity contribution >= 4 is 17.7 Å². The lowest BCUT2D eigenvalue weighted by molar-refractivity contribution is -0.135. The first kappa shape index (κ1) is 20.9. The molecule has 154 valence electrons. The second-order valence-corrected chi connectivity index (χ2v) is 6.54. The Morgan fingerprint density at radius 1 is 0.900 bits per heavy atom. The number of ether oxygens (including phenoxy) is 2. The van der Waals surface area contributed by atoms with E-state index in [0.29, 0.717) is 22.7 Å². The van der Waals surface area contributed by atoms with E-state index in [-0.39, 0.29) is 30.4 Å². The van der Waals surface area contributed by atoms with Gasteiger partial charge in [0.25, 0.3) is 0 Å². The largest absolute Gasteiger partial charge is 0.493 e. The zero-order valence-electron chi connectivity index (χ0n) is 16.8. The van der Waals surface area contributed by atoms with Gasteiger partial charge in [-0.1, -0.05) is 42.5 Å². The first-order valence-corrected chi connectivity index (χ1v) is 9.34. The Labute approximate surface area is 174 Å². The number of benzene rings is 2. The van der Waals surface area contributed by atoms with Gasteiger partial charge in [0.05, 0.1) is 19.2 Å². The topological polar surface area (TPSA) is 86.6 Å². The fourth-order valence-corrected chi connectivity index (χ4v) is 2.96. The molecule has 1 aromatic heterocycles. The van der Waals surface area contributed by atoms with Gasteiger partial charge in [0.1, 0.15) is 6.54 Å². The van der Waals surface area contributed by atoms with Crippen molar-refractivity contribution in [3.05, 3.63) is 83.7 Å². The van der Waals surface area contributed by atoms with E-state index in [0.717, 1.165) is 0 Å².